The summed E-state index contributed by atoms with van der Waals surface area (Å²) in [4.78, 5) is 14.3. The van der Waals surface area contributed by atoms with Gasteiger partial charge in [0.05, 0.1) is 5.69 Å². The van der Waals surface area contributed by atoms with E-state index in [-0.39, 0.29) is 0 Å². The molecule has 1 unspecified atom stereocenters. The fraction of sp³-hybridized carbons (Fsp3) is 0.462. The molecule has 0 bridgehead atoms. The number of hydrogen-bond acceptors (Lipinski definition) is 2. The average molecular weight is 217 g/mol. The van der Waals surface area contributed by atoms with E-state index in [0.29, 0.717) is 12.8 Å². The largest absolute Gasteiger partial charge is 0.242 e. The Morgan fingerprint density at radius 1 is 1.31 bits per heavy atom. The van der Waals surface area contributed by atoms with E-state index >= 15 is 0 Å². The highest BCUT2D eigenvalue weighted by molar-refractivity contribution is 5.66. The monoisotopic (exact) mass is 217 g/mol. The van der Waals surface area contributed by atoms with Crippen LogP contribution in [0.3, 0.4) is 0 Å². The highest BCUT2D eigenvalue weighted by atomic mass is 19.1. The van der Waals surface area contributed by atoms with Gasteiger partial charge in [0.25, 0.3) is 0 Å². The zero-order valence-electron chi connectivity index (χ0n) is 8.92. The van der Waals surface area contributed by atoms with E-state index in [1.807, 2.05) is 6.07 Å². The number of nitrogens with zero attached hydrogens (tertiary/aromatic N) is 1. The SMILES string of the molecule is O=C=Nc1c2c(cc3c1CCC3F)CCC2. The summed E-state index contributed by atoms with van der Waals surface area (Å²) in [5.74, 6) is 0. The van der Waals surface area contributed by atoms with E-state index < -0.39 is 6.17 Å². The molecule has 0 aromatic heterocycles. The first-order valence-corrected chi connectivity index (χ1v) is 5.70. The zero-order valence-corrected chi connectivity index (χ0v) is 8.92. The Hall–Kier alpha value is -1.47. The molecule has 3 heteroatoms. The van der Waals surface area contributed by atoms with Gasteiger partial charge < -0.3 is 0 Å². The Morgan fingerprint density at radius 2 is 2.19 bits per heavy atom. The smallest absolute Gasteiger partial charge is 0.240 e. The minimum absolute atomic E-state index is 0.527. The van der Waals surface area contributed by atoms with Crippen molar-refractivity contribution < 1.29 is 9.18 Å². The van der Waals surface area contributed by atoms with Crippen LogP contribution in [0.4, 0.5) is 10.1 Å². The summed E-state index contributed by atoms with van der Waals surface area (Å²) in [5, 5.41) is 0. The van der Waals surface area contributed by atoms with Crippen LogP contribution in [-0.4, -0.2) is 6.08 Å². The maximum Gasteiger partial charge on any atom is 0.240 e. The predicted molar refractivity (Wildman–Crippen MR) is 58.4 cm³/mol. The molecular formula is C13H12FNO. The standard InChI is InChI=1S/C13H12FNO/c14-12-5-4-10-11(12)6-8-2-1-3-9(8)13(10)15-7-16/h6,12H,1-5H2. The number of carbonyl (C=O) groups excluding carboxylic acids is 1. The first-order chi connectivity index (χ1) is 7.81. The van der Waals surface area contributed by atoms with Crippen molar-refractivity contribution in [3.8, 4) is 0 Å². The molecule has 0 radical (unpaired) electrons. The van der Waals surface area contributed by atoms with Gasteiger partial charge in [0.1, 0.15) is 6.17 Å². The Morgan fingerprint density at radius 3 is 3.00 bits per heavy atom. The third kappa shape index (κ3) is 1.25. The van der Waals surface area contributed by atoms with Gasteiger partial charge in [-0.2, -0.15) is 4.99 Å². The quantitative estimate of drug-likeness (QED) is 0.525. The summed E-state index contributed by atoms with van der Waals surface area (Å²) >= 11 is 0. The molecule has 0 amide bonds. The number of alkyl halides is 1. The van der Waals surface area contributed by atoms with E-state index in [2.05, 4.69) is 4.99 Å². The molecule has 1 aromatic carbocycles. The summed E-state index contributed by atoms with van der Waals surface area (Å²) in [7, 11) is 0. The van der Waals surface area contributed by atoms with Crippen molar-refractivity contribution in [3.05, 3.63) is 28.3 Å². The summed E-state index contributed by atoms with van der Waals surface area (Å²) in [5.41, 5.74) is 4.75. The van der Waals surface area contributed by atoms with Crippen LogP contribution in [0.2, 0.25) is 0 Å². The molecule has 0 aliphatic heterocycles. The second-order valence-electron chi connectivity index (χ2n) is 4.49. The van der Waals surface area contributed by atoms with Crippen LogP contribution in [-0.2, 0) is 24.1 Å². The zero-order chi connectivity index (χ0) is 11.1. The Labute approximate surface area is 93.2 Å². The van der Waals surface area contributed by atoms with Crippen molar-refractivity contribution >= 4 is 11.8 Å². The lowest BCUT2D eigenvalue weighted by atomic mass is 9.99. The minimum atomic E-state index is -0.874. The van der Waals surface area contributed by atoms with Crippen molar-refractivity contribution in [2.75, 3.05) is 0 Å². The second kappa shape index (κ2) is 3.53. The molecule has 0 fully saturated rings. The van der Waals surface area contributed by atoms with E-state index in [1.54, 1.807) is 6.08 Å². The van der Waals surface area contributed by atoms with Crippen LogP contribution in [0, 0.1) is 0 Å². The number of rotatable bonds is 1. The van der Waals surface area contributed by atoms with Gasteiger partial charge >= 0.3 is 0 Å². The van der Waals surface area contributed by atoms with Crippen LogP contribution in [0.5, 0.6) is 0 Å². The van der Waals surface area contributed by atoms with Gasteiger partial charge in [0.2, 0.25) is 6.08 Å². The molecule has 0 N–H and O–H groups in total. The Balaban J connectivity index is 2.28. The molecule has 0 saturated carbocycles. The molecule has 0 heterocycles. The van der Waals surface area contributed by atoms with Gasteiger partial charge in [0.15, 0.2) is 0 Å². The summed E-state index contributed by atoms with van der Waals surface area (Å²) in [6, 6.07) is 1.99. The van der Waals surface area contributed by atoms with Crippen molar-refractivity contribution in [1.29, 1.82) is 0 Å². The summed E-state index contributed by atoms with van der Waals surface area (Å²) in [6.07, 6.45) is 4.98. The van der Waals surface area contributed by atoms with Gasteiger partial charge in [-0.3, -0.25) is 0 Å². The predicted octanol–water partition coefficient (Wildman–Crippen LogP) is 3.10. The number of aryl methyl sites for hydroxylation is 1. The topological polar surface area (TPSA) is 29.4 Å². The number of halogens is 1. The van der Waals surface area contributed by atoms with Crippen LogP contribution in [0.15, 0.2) is 11.1 Å². The van der Waals surface area contributed by atoms with E-state index in [1.165, 1.54) is 5.56 Å². The Bertz CT molecular complexity index is 503. The minimum Gasteiger partial charge on any atom is -0.242 e. The van der Waals surface area contributed by atoms with Crippen molar-refractivity contribution in [2.24, 2.45) is 4.99 Å². The maximum atomic E-state index is 13.7. The summed E-state index contributed by atoms with van der Waals surface area (Å²) in [6.45, 7) is 0. The summed E-state index contributed by atoms with van der Waals surface area (Å²) < 4.78 is 13.7. The molecule has 1 atom stereocenters. The van der Waals surface area contributed by atoms with Gasteiger partial charge in [0, 0.05) is 0 Å². The first kappa shape index (κ1) is 9.73. The molecule has 2 aliphatic rings. The van der Waals surface area contributed by atoms with Crippen LogP contribution in [0.25, 0.3) is 0 Å². The van der Waals surface area contributed by atoms with Crippen molar-refractivity contribution in [2.45, 2.75) is 38.3 Å². The number of benzene rings is 1. The molecule has 16 heavy (non-hydrogen) atoms. The van der Waals surface area contributed by atoms with Crippen LogP contribution < -0.4 is 0 Å². The number of aliphatic imine (C=N–C) groups is 1. The highest BCUT2D eigenvalue weighted by Crippen LogP contribution is 2.44. The van der Waals surface area contributed by atoms with Crippen LogP contribution in [0.1, 0.15) is 41.3 Å². The van der Waals surface area contributed by atoms with Crippen molar-refractivity contribution in [3.63, 3.8) is 0 Å². The molecular weight excluding hydrogens is 205 g/mol. The van der Waals surface area contributed by atoms with Gasteiger partial charge in [-0.25, -0.2) is 9.18 Å². The molecule has 2 aliphatic carbocycles. The van der Waals surface area contributed by atoms with E-state index in [0.717, 1.165) is 41.6 Å². The van der Waals surface area contributed by atoms with E-state index in [9.17, 15) is 9.18 Å². The number of isocyanates is 1. The lowest BCUT2D eigenvalue weighted by molar-refractivity contribution is 0.343. The fourth-order valence-corrected chi connectivity index (χ4v) is 2.94. The maximum absolute atomic E-state index is 13.7. The number of hydrogen-bond donors (Lipinski definition) is 0. The first-order valence-electron chi connectivity index (χ1n) is 5.70. The van der Waals surface area contributed by atoms with Gasteiger partial charge in [-0.05, 0) is 54.4 Å². The third-order valence-corrected chi connectivity index (χ3v) is 3.65. The lowest BCUT2D eigenvalue weighted by Gasteiger charge is -2.10. The van der Waals surface area contributed by atoms with Crippen molar-refractivity contribution in [1.82, 2.24) is 0 Å². The van der Waals surface area contributed by atoms with Gasteiger partial charge in [-0.15, -0.1) is 0 Å². The number of fused-ring (bicyclic) bond motifs is 2. The molecule has 2 nitrogen and oxygen atoms in total. The average Bonchev–Trinajstić information content (AvgIpc) is 2.87. The molecule has 0 spiro atoms. The van der Waals surface area contributed by atoms with Gasteiger partial charge in [-0.1, -0.05) is 6.07 Å². The molecule has 0 saturated heterocycles. The normalized spacial score (nSPS) is 21.4. The van der Waals surface area contributed by atoms with E-state index in [4.69, 9.17) is 0 Å². The lowest BCUT2D eigenvalue weighted by Crippen LogP contribution is -1.92. The molecule has 3 rings (SSSR count). The second-order valence-corrected chi connectivity index (χ2v) is 4.49. The van der Waals surface area contributed by atoms with Crippen LogP contribution >= 0.6 is 0 Å². The molecule has 82 valence electrons. The third-order valence-electron chi connectivity index (χ3n) is 3.65. The highest BCUT2D eigenvalue weighted by Gasteiger charge is 2.29. The fourth-order valence-electron chi connectivity index (χ4n) is 2.94. The Kier molecular flexibility index (Phi) is 2.15. The molecule has 1 aromatic rings.